The van der Waals surface area contributed by atoms with E-state index in [4.69, 9.17) is 37.8 Å². The van der Waals surface area contributed by atoms with Gasteiger partial charge in [0.05, 0.1) is 15.6 Å². The van der Waals surface area contributed by atoms with Crippen LogP contribution in [0.15, 0.2) is 24.0 Å². The van der Waals surface area contributed by atoms with E-state index in [0.717, 1.165) is 0 Å². The van der Waals surface area contributed by atoms with Crippen LogP contribution in [0.4, 0.5) is 0 Å². The molecule has 17 heavy (non-hydrogen) atoms. The number of carbonyl (C=O) groups is 1. The lowest BCUT2D eigenvalue weighted by molar-refractivity contribution is -0.138. The first-order chi connectivity index (χ1) is 8.00. The third kappa shape index (κ3) is 2.18. The normalized spacial score (nSPS) is 18.9. The Morgan fingerprint density at radius 2 is 1.88 bits per heavy atom. The number of rotatable bonds is 2. The predicted molar refractivity (Wildman–Crippen MR) is 62.6 cm³/mol. The van der Waals surface area contributed by atoms with E-state index in [1.807, 2.05) is 0 Å². The Morgan fingerprint density at radius 1 is 1.29 bits per heavy atom. The monoisotopic (exact) mass is 274 g/mol. The molecule has 4 nitrogen and oxygen atoms in total. The summed E-state index contributed by atoms with van der Waals surface area (Å²) in [5.74, 6) is -1.45. The average molecular weight is 275 g/mol. The molecule has 0 amide bonds. The molecule has 1 N–H and O–H groups in total. The summed E-state index contributed by atoms with van der Waals surface area (Å²) in [4.78, 5) is 11.0. The number of benzene rings is 1. The minimum absolute atomic E-state index is 0.0561. The predicted octanol–water partition coefficient (Wildman–Crippen LogP) is 3.14. The number of carboxylic acid groups (broad SMARTS) is 1. The van der Waals surface area contributed by atoms with Crippen LogP contribution in [0.3, 0.4) is 0 Å². The molecule has 6 heteroatoms. The van der Waals surface area contributed by atoms with Gasteiger partial charge in [0, 0.05) is 6.92 Å². The molecule has 1 aromatic rings. The van der Waals surface area contributed by atoms with Gasteiger partial charge in [0.15, 0.2) is 5.76 Å². The van der Waals surface area contributed by atoms with Crippen LogP contribution in [0, 0.1) is 0 Å². The largest absolute Gasteiger partial charge is 0.475 e. The minimum atomic E-state index is -1.22. The first kappa shape index (κ1) is 12.1. The molecule has 2 rings (SSSR count). The lowest BCUT2D eigenvalue weighted by Crippen LogP contribution is -2.06. The van der Waals surface area contributed by atoms with E-state index < -0.39 is 12.3 Å². The van der Waals surface area contributed by atoms with Gasteiger partial charge in [-0.3, -0.25) is 0 Å². The van der Waals surface area contributed by atoms with Crippen molar-refractivity contribution in [3.05, 3.63) is 39.6 Å². The molecular weight excluding hydrogens is 267 g/mol. The maximum absolute atomic E-state index is 11.0. The number of carboxylic acids is 1. The number of hydrogen-bond acceptors (Lipinski definition) is 3. The summed E-state index contributed by atoms with van der Waals surface area (Å²) in [6, 6.07) is 4.86. The van der Waals surface area contributed by atoms with E-state index in [1.54, 1.807) is 25.1 Å². The second-order valence-electron chi connectivity index (χ2n) is 3.36. The lowest BCUT2D eigenvalue weighted by Gasteiger charge is -2.08. The first-order valence-corrected chi connectivity index (χ1v) is 5.51. The summed E-state index contributed by atoms with van der Waals surface area (Å²) in [6.45, 7) is 1.58. The Bertz CT molecular complexity index is 490. The molecule has 0 radical (unpaired) electrons. The van der Waals surface area contributed by atoms with E-state index in [0.29, 0.717) is 15.6 Å². The maximum Gasteiger partial charge on any atom is 0.375 e. The molecule has 0 saturated carbocycles. The zero-order valence-corrected chi connectivity index (χ0v) is 10.2. The fourth-order valence-electron chi connectivity index (χ4n) is 1.50. The standard InChI is InChI=1S/C11H8Cl2O4/c1-5-16-9(10(17-5)11(14)15)8-6(12)3-2-4-7(8)13/h2-5H,1H3,(H,14,15). The van der Waals surface area contributed by atoms with Crippen LogP contribution in [-0.4, -0.2) is 17.4 Å². The lowest BCUT2D eigenvalue weighted by atomic mass is 10.1. The highest BCUT2D eigenvalue weighted by molar-refractivity contribution is 6.37. The Labute approximate surface area is 107 Å². The summed E-state index contributed by atoms with van der Waals surface area (Å²) in [5, 5.41) is 9.61. The SMILES string of the molecule is CC1OC(C(=O)O)=C(c2c(Cl)cccc2Cl)O1. The summed E-state index contributed by atoms with van der Waals surface area (Å²) in [6.07, 6.45) is -0.677. The van der Waals surface area contributed by atoms with Crippen LogP contribution in [0.2, 0.25) is 10.0 Å². The smallest absolute Gasteiger partial charge is 0.375 e. The Kier molecular flexibility index (Phi) is 3.17. The third-order valence-electron chi connectivity index (χ3n) is 2.16. The van der Waals surface area contributed by atoms with Gasteiger partial charge in [-0.05, 0) is 12.1 Å². The number of hydrogen-bond donors (Lipinski definition) is 1. The van der Waals surface area contributed by atoms with Gasteiger partial charge in [-0.2, -0.15) is 0 Å². The molecule has 1 aromatic carbocycles. The molecule has 1 aliphatic rings. The van der Waals surface area contributed by atoms with E-state index in [2.05, 4.69) is 0 Å². The van der Waals surface area contributed by atoms with Gasteiger partial charge >= 0.3 is 5.97 Å². The molecular formula is C11H8Cl2O4. The molecule has 0 bridgehead atoms. The second kappa shape index (κ2) is 4.47. The van der Waals surface area contributed by atoms with Crippen molar-refractivity contribution in [2.75, 3.05) is 0 Å². The number of halogens is 2. The quantitative estimate of drug-likeness (QED) is 0.900. The van der Waals surface area contributed by atoms with Crippen molar-refractivity contribution in [3.8, 4) is 0 Å². The van der Waals surface area contributed by atoms with Crippen LogP contribution in [-0.2, 0) is 14.3 Å². The van der Waals surface area contributed by atoms with Gasteiger partial charge in [0.1, 0.15) is 0 Å². The van der Waals surface area contributed by atoms with Crippen molar-refractivity contribution in [1.29, 1.82) is 0 Å². The molecule has 1 heterocycles. The number of aliphatic carboxylic acids is 1. The Hall–Kier alpha value is -1.39. The topological polar surface area (TPSA) is 55.8 Å². The molecule has 0 saturated heterocycles. The van der Waals surface area contributed by atoms with Crippen molar-refractivity contribution in [1.82, 2.24) is 0 Å². The van der Waals surface area contributed by atoms with Gasteiger partial charge in [-0.15, -0.1) is 0 Å². The molecule has 0 spiro atoms. The van der Waals surface area contributed by atoms with Crippen LogP contribution >= 0.6 is 23.2 Å². The zero-order valence-electron chi connectivity index (χ0n) is 8.74. The number of ether oxygens (including phenoxy) is 2. The summed E-state index contributed by atoms with van der Waals surface area (Å²) < 4.78 is 10.3. The third-order valence-corrected chi connectivity index (χ3v) is 2.79. The minimum Gasteiger partial charge on any atom is -0.475 e. The van der Waals surface area contributed by atoms with E-state index in [1.165, 1.54) is 0 Å². The molecule has 0 fully saturated rings. The van der Waals surface area contributed by atoms with E-state index in [-0.39, 0.29) is 11.5 Å². The zero-order chi connectivity index (χ0) is 12.6. The summed E-state index contributed by atoms with van der Waals surface area (Å²) in [7, 11) is 0. The van der Waals surface area contributed by atoms with Crippen LogP contribution in [0.5, 0.6) is 0 Å². The van der Waals surface area contributed by atoms with Crippen molar-refractivity contribution in [2.45, 2.75) is 13.2 Å². The van der Waals surface area contributed by atoms with Gasteiger partial charge in [-0.1, -0.05) is 29.3 Å². The molecule has 1 aliphatic heterocycles. The van der Waals surface area contributed by atoms with Crippen LogP contribution < -0.4 is 0 Å². The average Bonchev–Trinajstić information content (AvgIpc) is 2.60. The Balaban J connectivity index is 2.59. The molecule has 1 unspecified atom stereocenters. The van der Waals surface area contributed by atoms with Gasteiger partial charge in [-0.25, -0.2) is 4.79 Å². The first-order valence-electron chi connectivity index (χ1n) is 4.76. The highest BCUT2D eigenvalue weighted by Crippen LogP contribution is 2.38. The summed E-state index contributed by atoms with van der Waals surface area (Å²) >= 11 is 12.0. The highest BCUT2D eigenvalue weighted by atomic mass is 35.5. The van der Waals surface area contributed by atoms with Crippen LogP contribution in [0.25, 0.3) is 5.76 Å². The van der Waals surface area contributed by atoms with Crippen molar-refractivity contribution < 1.29 is 19.4 Å². The molecule has 0 aromatic heterocycles. The van der Waals surface area contributed by atoms with Gasteiger partial charge in [0.2, 0.25) is 6.29 Å². The molecule has 1 atom stereocenters. The van der Waals surface area contributed by atoms with Crippen molar-refractivity contribution in [3.63, 3.8) is 0 Å². The molecule has 90 valence electrons. The Morgan fingerprint density at radius 3 is 2.41 bits per heavy atom. The molecule has 0 aliphatic carbocycles. The van der Waals surface area contributed by atoms with Crippen LogP contribution in [0.1, 0.15) is 12.5 Å². The fourth-order valence-corrected chi connectivity index (χ4v) is 2.07. The van der Waals surface area contributed by atoms with Gasteiger partial charge < -0.3 is 14.6 Å². The maximum atomic E-state index is 11.0. The highest BCUT2D eigenvalue weighted by Gasteiger charge is 2.32. The van der Waals surface area contributed by atoms with Crippen molar-refractivity contribution >= 4 is 34.9 Å². The van der Waals surface area contributed by atoms with Crippen molar-refractivity contribution in [2.24, 2.45) is 0 Å². The fraction of sp³-hybridized carbons (Fsp3) is 0.182. The van der Waals surface area contributed by atoms with Gasteiger partial charge in [0.25, 0.3) is 5.76 Å². The van der Waals surface area contributed by atoms with E-state index >= 15 is 0 Å². The second-order valence-corrected chi connectivity index (χ2v) is 4.18. The summed E-state index contributed by atoms with van der Waals surface area (Å²) in [5.41, 5.74) is 0.331. The van der Waals surface area contributed by atoms with E-state index in [9.17, 15) is 4.79 Å².